The minimum absolute atomic E-state index is 0.0550. The van der Waals surface area contributed by atoms with Crippen molar-refractivity contribution in [3.63, 3.8) is 0 Å². The van der Waals surface area contributed by atoms with Crippen LogP contribution in [0, 0.1) is 0 Å². The first-order valence-electron chi connectivity index (χ1n) is 9.91. The molecule has 0 atom stereocenters. The number of para-hydroxylation sites is 1. The molecule has 0 aliphatic carbocycles. The highest BCUT2D eigenvalue weighted by molar-refractivity contribution is 6.29. The van der Waals surface area contributed by atoms with E-state index in [2.05, 4.69) is 10.3 Å². The highest BCUT2D eigenvalue weighted by Crippen LogP contribution is 2.36. The first-order valence-corrected chi connectivity index (χ1v) is 10.3. The average Bonchev–Trinajstić information content (AvgIpc) is 3.32. The number of nitrogens with one attached hydrogen (secondary N) is 1. The molecule has 5 aromatic rings. The van der Waals surface area contributed by atoms with E-state index in [9.17, 15) is 14.4 Å². The monoisotopic (exact) mass is 467 g/mol. The molecule has 1 amide bonds. The standard InChI is InChI=1S/C22H18ClN5O5/c1-26-19-18(20(30)27(2)22(26)31)28(21(23)25-19)10-17(29)24-13-9-15-12(8-16(13)32-3)11-6-4-5-7-14(11)33-15/h4-9H,10H2,1-3H3,(H,24,29). The van der Waals surface area contributed by atoms with E-state index in [-0.39, 0.29) is 23.0 Å². The molecule has 0 radical (unpaired) electrons. The van der Waals surface area contributed by atoms with Crippen LogP contribution in [0.2, 0.25) is 5.28 Å². The second kappa shape index (κ2) is 7.52. The Labute approximate surface area is 190 Å². The molecule has 5 rings (SSSR count). The van der Waals surface area contributed by atoms with Gasteiger partial charge in [-0.3, -0.25) is 23.3 Å². The third-order valence-corrected chi connectivity index (χ3v) is 5.86. The predicted molar refractivity (Wildman–Crippen MR) is 124 cm³/mol. The number of nitrogens with zero attached hydrogens (tertiary/aromatic N) is 4. The minimum atomic E-state index is -0.596. The molecule has 1 N–H and O–H groups in total. The summed E-state index contributed by atoms with van der Waals surface area (Å²) in [6, 6.07) is 11.1. The SMILES string of the molecule is COc1cc2c(cc1NC(=O)Cn1c(Cl)nc3c1c(=O)n(C)c(=O)n3C)oc1ccccc12. The van der Waals surface area contributed by atoms with Gasteiger partial charge in [0.15, 0.2) is 11.2 Å². The lowest BCUT2D eigenvalue weighted by atomic mass is 10.1. The maximum atomic E-state index is 12.9. The molecule has 3 heterocycles. The molecule has 10 nitrogen and oxygen atoms in total. The van der Waals surface area contributed by atoms with E-state index in [1.807, 2.05) is 24.3 Å². The fourth-order valence-electron chi connectivity index (χ4n) is 3.92. The Morgan fingerprint density at radius 2 is 1.88 bits per heavy atom. The van der Waals surface area contributed by atoms with Crippen molar-refractivity contribution >= 4 is 56.3 Å². The van der Waals surface area contributed by atoms with E-state index in [0.717, 1.165) is 20.9 Å². The zero-order valence-electron chi connectivity index (χ0n) is 17.9. The predicted octanol–water partition coefficient (Wildman–Crippen LogP) is 2.63. The van der Waals surface area contributed by atoms with Crippen molar-refractivity contribution in [2.45, 2.75) is 6.54 Å². The molecule has 168 valence electrons. The molecule has 0 saturated heterocycles. The van der Waals surface area contributed by atoms with Crippen LogP contribution in [0.4, 0.5) is 5.69 Å². The molecule has 0 aliphatic rings. The zero-order chi connectivity index (χ0) is 23.4. The number of fused-ring (bicyclic) bond motifs is 4. The molecule has 3 aromatic heterocycles. The molecule has 0 fully saturated rings. The fraction of sp³-hybridized carbons (Fsp3) is 0.182. The number of carbonyl (C=O) groups excluding carboxylic acids is 1. The number of ether oxygens (including phenoxy) is 1. The number of amides is 1. The largest absolute Gasteiger partial charge is 0.495 e. The first-order chi connectivity index (χ1) is 15.8. The van der Waals surface area contributed by atoms with Crippen LogP contribution < -0.4 is 21.3 Å². The molecule has 0 saturated carbocycles. The van der Waals surface area contributed by atoms with Crippen LogP contribution in [0.1, 0.15) is 0 Å². The Bertz CT molecular complexity index is 1710. The first kappa shape index (κ1) is 20.8. The topological polar surface area (TPSA) is 113 Å². The highest BCUT2D eigenvalue weighted by Gasteiger charge is 2.21. The van der Waals surface area contributed by atoms with Crippen LogP contribution in [0.25, 0.3) is 33.1 Å². The van der Waals surface area contributed by atoms with Gasteiger partial charge < -0.3 is 14.5 Å². The van der Waals surface area contributed by atoms with Crippen molar-refractivity contribution in [1.82, 2.24) is 18.7 Å². The number of hydrogen-bond donors (Lipinski definition) is 1. The number of furan rings is 1. The van der Waals surface area contributed by atoms with E-state index in [0.29, 0.717) is 17.0 Å². The van der Waals surface area contributed by atoms with Gasteiger partial charge in [0.2, 0.25) is 11.2 Å². The van der Waals surface area contributed by atoms with Crippen molar-refractivity contribution in [2.75, 3.05) is 12.4 Å². The van der Waals surface area contributed by atoms with E-state index >= 15 is 0 Å². The summed E-state index contributed by atoms with van der Waals surface area (Å²) in [6.07, 6.45) is 0. The number of halogens is 1. The molecule has 0 spiro atoms. The van der Waals surface area contributed by atoms with Gasteiger partial charge in [0.25, 0.3) is 5.56 Å². The lowest BCUT2D eigenvalue weighted by Gasteiger charge is -2.11. The number of imidazole rings is 1. The van der Waals surface area contributed by atoms with Gasteiger partial charge in [-0.25, -0.2) is 4.79 Å². The van der Waals surface area contributed by atoms with Crippen LogP contribution in [0.5, 0.6) is 5.75 Å². The normalized spacial score (nSPS) is 11.5. The quantitative estimate of drug-likeness (QED) is 0.406. The molecule has 2 aromatic carbocycles. The highest BCUT2D eigenvalue weighted by atomic mass is 35.5. The maximum absolute atomic E-state index is 12.9. The van der Waals surface area contributed by atoms with Crippen molar-refractivity contribution in [3.05, 3.63) is 62.5 Å². The summed E-state index contributed by atoms with van der Waals surface area (Å²) in [5.74, 6) is -0.0248. The average molecular weight is 468 g/mol. The van der Waals surface area contributed by atoms with Crippen LogP contribution >= 0.6 is 11.6 Å². The number of methoxy groups -OCH3 is 1. The summed E-state index contributed by atoms with van der Waals surface area (Å²) < 4.78 is 14.8. The number of anilines is 1. The Kier molecular flexibility index (Phi) is 4.75. The second-order valence-corrected chi connectivity index (χ2v) is 7.88. The summed E-state index contributed by atoms with van der Waals surface area (Å²) in [5, 5.41) is 4.48. The van der Waals surface area contributed by atoms with Gasteiger partial charge in [-0.15, -0.1) is 0 Å². The molecule has 33 heavy (non-hydrogen) atoms. The summed E-state index contributed by atoms with van der Waals surface area (Å²) in [4.78, 5) is 41.8. The number of hydrogen-bond acceptors (Lipinski definition) is 6. The van der Waals surface area contributed by atoms with Crippen LogP contribution in [0.15, 0.2) is 50.4 Å². The number of rotatable bonds is 4. The van der Waals surface area contributed by atoms with Crippen LogP contribution in [-0.4, -0.2) is 31.7 Å². The summed E-state index contributed by atoms with van der Waals surface area (Å²) in [7, 11) is 4.33. The Morgan fingerprint density at radius 3 is 2.64 bits per heavy atom. The minimum Gasteiger partial charge on any atom is -0.495 e. The van der Waals surface area contributed by atoms with E-state index in [1.165, 1.54) is 30.3 Å². The smallest absolute Gasteiger partial charge is 0.332 e. The van der Waals surface area contributed by atoms with Gasteiger partial charge in [0.05, 0.1) is 12.8 Å². The van der Waals surface area contributed by atoms with Crippen molar-refractivity contribution in [2.24, 2.45) is 14.1 Å². The molecule has 0 unspecified atom stereocenters. The zero-order valence-corrected chi connectivity index (χ0v) is 18.6. The maximum Gasteiger partial charge on any atom is 0.332 e. The van der Waals surface area contributed by atoms with E-state index < -0.39 is 17.2 Å². The van der Waals surface area contributed by atoms with Crippen molar-refractivity contribution in [1.29, 1.82) is 0 Å². The van der Waals surface area contributed by atoms with E-state index in [4.69, 9.17) is 20.8 Å². The molecular weight excluding hydrogens is 450 g/mol. The van der Waals surface area contributed by atoms with Crippen molar-refractivity contribution < 1.29 is 13.9 Å². The number of aromatic nitrogens is 4. The molecule has 0 aliphatic heterocycles. The Balaban J connectivity index is 1.54. The number of aryl methyl sites for hydroxylation is 1. The van der Waals surface area contributed by atoms with Crippen LogP contribution in [-0.2, 0) is 25.4 Å². The number of carbonyl (C=O) groups is 1. The lowest BCUT2D eigenvalue weighted by Crippen LogP contribution is -2.37. The van der Waals surface area contributed by atoms with Gasteiger partial charge in [0.1, 0.15) is 23.5 Å². The fourth-order valence-corrected chi connectivity index (χ4v) is 4.14. The summed E-state index contributed by atoms with van der Waals surface area (Å²) in [5.41, 5.74) is 0.721. The second-order valence-electron chi connectivity index (χ2n) is 7.54. The molecule has 0 bridgehead atoms. The third-order valence-electron chi connectivity index (χ3n) is 5.58. The van der Waals surface area contributed by atoms with E-state index in [1.54, 1.807) is 12.1 Å². The van der Waals surface area contributed by atoms with Crippen LogP contribution in [0.3, 0.4) is 0 Å². The summed E-state index contributed by atoms with van der Waals surface area (Å²) in [6.45, 7) is -0.301. The number of benzene rings is 2. The van der Waals surface area contributed by atoms with Gasteiger partial charge >= 0.3 is 5.69 Å². The molecule has 11 heteroatoms. The van der Waals surface area contributed by atoms with Gasteiger partial charge in [-0.1, -0.05) is 18.2 Å². The van der Waals surface area contributed by atoms with Gasteiger partial charge in [-0.05, 0) is 23.7 Å². The third kappa shape index (κ3) is 3.18. The molecular formula is C22H18ClN5O5. The summed E-state index contributed by atoms with van der Waals surface area (Å²) >= 11 is 6.21. The van der Waals surface area contributed by atoms with Gasteiger partial charge in [0, 0.05) is 30.9 Å². The van der Waals surface area contributed by atoms with Gasteiger partial charge in [-0.2, -0.15) is 4.98 Å². The van der Waals surface area contributed by atoms with Crippen molar-refractivity contribution in [3.8, 4) is 5.75 Å². The Morgan fingerprint density at radius 1 is 1.12 bits per heavy atom. The lowest BCUT2D eigenvalue weighted by molar-refractivity contribution is -0.116. The Hall–Kier alpha value is -4.05.